The Morgan fingerprint density at radius 3 is 2.26 bits per heavy atom. The Hall–Kier alpha value is -3.36. The van der Waals surface area contributed by atoms with Gasteiger partial charge in [0.25, 0.3) is 0 Å². The Morgan fingerprint density at radius 1 is 1.00 bits per heavy atom. The van der Waals surface area contributed by atoms with Gasteiger partial charge < -0.3 is 5.32 Å². The second-order valence-electron chi connectivity index (χ2n) is 5.78. The maximum absolute atomic E-state index is 13.1. The molecule has 27 heavy (non-hydrogen) atoms. The summed E-state index contributed by atoms with van der Waals surface area (Å²) >= 11 is 1.41. The normalized spacial score (nSPS) is 11.2. The van der Waals surface area contributed by atoms with Crippen LogP contribution in [0.3, 0.4) is 0 Å². The molecule has 1 heterocycles. The van der Waals surface area contributed by atoms with Gasteiger partial charge in [0, 0.05) is 17.1 Å². The van der Waals surface area contributed by atoms with E-state index in [1.807, 2.05) is 53.9 Å². The van der Waals surface area contributed by atoms with Crippen molar-refractivity contribution in [1.82, 2.24) is 5.32 Å². The van der Waals surface area contributed by atoms with E-state index in [9.17, 15) is 9.59 Å². The van der Waals surface area contributed by atoms with Crippen LogP contribution >= 0.6 is 11.3 Å². The van der Waals surface area contributed by atoms with Gasteiger partial charge in [-0.1, -0.05) is 54.6 Å². The lowest BCUT2D eigenvalue weighted by molar-refractivity contribution is -0.125. The van der Waals surface area contributed by atoms with Gasteiger partial charge >= 0.3 is 5.91 Å². The number of nitrogens with one attached hydrogen (secondary N) is 1. The summed E-state index contributed by atoms with van der Waals surface area (Å²) in [6.45, 7) is 0.369. The van der Waals surface area contributed by atoms with Gasteiger partial charge in [0.2, 0.25) is 5.91 Å². The molecule has 4 nitrogen and oxygen atoms in total. The van der Waals surface area contributed by atoms with Crippen molar-refractivity contribution in [3.05, 3.63) is 88.6 Å². The molecule has 1 unspecified atom stereocenters. The van der Waals surface area contributed by atoms with Gasteiger partial charge in [0.05, 0.1) is 0 Å². The van der Waals surface area contributed by atoms with Crippen LogP contribution in [0.5, 0.6) is 0 Å². The predicted molar refractivity (Wildman–Crippen MR) is 108 cm³/mol. The molecule has 0 saturated carbocycles. The van der Waals surface area contributed by atoms with Crippen molar-refractivity contribution >= 4 is 28.8 Å². The molecule has 0 aliphatic heterocycles. The Labute approximate surface area is 162 Å². The number of hydrogen-bond donors (Lipinski definition) is 1. The van der Waals surface area contributed by atoms with Crippen LogP contribution in [-0.4, -0.2) is 11.8 Å². The Balaban J connectivity index is 1.93. The van der Waals surface area contributed by atoms with E-state index in [-0.39, 0.29) is 5.91 Å². The van der Waals surface area contributed by atoms with Crippen LogP contribution in [0.4, 0.5) is 5.69 Å². The molecule has 134 valence electrons. The smallest absolute Gasteiger partial charge is 0.303 e. The van der Waals surface area contributed by atoms with Gasteiger partial charge in [-0.2, -0.15) is 0 Å². The molecular weight excluding hydrogens is 356 g/mol. The molecule has 1 aromatic heterocycles. The van der Waals surface area contributed by atoms with E-state index >= 15 is 0 Å². The number of thiophene rings is 1. The van der Waals surface area contributed by atoms with Gasteiger partial charge in [0.1, 0.15) is 0 Å². The number of carbonyl (C=O) groups excluding carboxylic acids is 2. The van der Waals surface area contributed by atoms with Crippen LogP contribution in [0.15, 0.2) is 78.2 Å². The van der Waals surface area contributed by atoms with Crippen molar-refractivity contribution in [3.63, 3.8) is 0 Å². The summed E-state index contributed by atoms with van der Waals surface area (Å²) < 4.78 is 0. The van der Waals surface area contributed by atoms with E-state index in [0.717, 1.165) is 10.4 Å². The second kappa shape index (κ2) is 8.84. The van der Waals surface area contributed by atoms with E-state index in [4.69, 9.17) is 6.42 Å². The highest BCUT2D eigenvalue weighted by Crippen LogP contribution is 2.30. The van der Waals surface area contributed by atoms with Gasteiger partial charge in [-0.3, -0.25) is 14.5 Å². The molecule has 1 atom stereocenters. The molecule has 5 heteroatoms. The first-order valence-electron chi connectivity index (χ1n) is 8.40. The highest BCUT2D eigenvalue weighted by Gasteiger charge is 2.32. The Kier molecular flexibility index (Phi) is 6.03. The third-order valence-electron chi connectivity index (χ3n) is 4.01. The first-order valence-corrected chi connectivity index (χ1v) is 9.28. The minimum Gasteiger partial charge on any atom is -0.350 e. The number of carbonyl (C=O) groups is 2. The van der Waals surface area contributed by atoms with Crippen molar-refractivity contribution in [1.29, 1.82) is 0 Å². The van der Waals surface area contributed by atoms with Crippen LogP contribution in [0.1, 0.15) is 16.5 Å². The van der Waals surface area contributed by atoms with E-state index in [2.05, 4.69) is 11.2 Å². The molecular formula is C22H18N2O2S. The molecule has 2 amide bonds. The van der Waals surface area contributed by atoms with E-state index in [1.165, 1.54) is 16.2 Å². The summed E-state index contributed by atoms with van der Waals surface area (Å²) in [5.41, 5.74) is 1.55. The summed E-state index contributed by atoms with van der Waals surface area (Å²) in [4.78, 5) is 27.7. The van der Waals surface area contributed by atoms with Gasteiger partial charge in [0.15, 0.2) is 6.04 Å². The number of para-hydroxylation sites is 1. The Morgan fingerprint density at radius 2 is 1.67 bits per heavy atom. The lowest BCUT2D eigenvalue weighted by Gasteiger charge is -2.29. The fraction of sp³-hybridized carbons (Fsp3) is 0.0909. The predicted octanol–water partition coefficient (Wildman–Crippen LogP) is 3.77. The molecule has 0 radical (unpaired) electrons. The zero-order valence-electron chi connectivity index (χ0n) is 14.5. The number of terminal acetylenes is 1. The van der Waals surface area contributed by atoms with Gasteiger partial charge in [-0.05, 0) is 35.1 Å². The molecule has 0 aliphatic rings. The highest BCUT2D eigenvalue weighted by molar-refractivity contribution is 7.10. The molecule has 0 spiro atoms. The lowest BCUT2D eigenvalue weighted by atomic mass is 10.1. The summed E-state index contributed by atoms with van der Waals surface area (Å²) in [7, 11) is 0. The zero-order valence-corrected chi connectivity index (χ0v) is 15.4. The molecule has 3 rings (SSSR count). The highest BCUT2D eigenvalue weighted by atomic mass is 32.1. The second-order valence-corrected chi connectivity index (χ2v) is 6.76. The van der Waals surface area contributed by atoms with Crippen LogP contribution in [-0.2, 0) is 16.1 Å². The summed E-state index contributed by atoms with van der Waals surface area (Å²) in [6.07, 6.45) is 5.40. The maximum Gasteiger partial charge on any atom is 0.303 e. The van der Waals surface area contributed by atoms with Gasteiger partial charge in [-0.15, -0.1) is 17.8 Å². The Bertz CT molecular complexity index is 931. The summed E-state index contributed by atoms with van der Waals surface area (Å²) in [5.74, 6) is 1.30. The molecule has 0 aliphatic carbocycles. The molecule has 0 saturated heterocycles. The maximum atomic E-state index is 13.1. The van der Waals surface area contributed by atoms with E-state index < -0.39 is 11.9 Å². The fourth-order valence-electron chi connectivity index (χ4n) is 2.74. The van der Waals surface area contributed by atoms with Gasteiger partial charge in [-0.25, -0.2) is 0 Å². The quantitative estimate of drug-likeness (QED) is 0.668. The van der Waals surface area contributed by atoms with Crippen molar-refractivity contribution in [3.8, 4) is 12.3 Å². The number of amides is 2. The standard InChI is InChI=1S/C22H18N2O2S/c1-2-20(25)24(18-12-7-4-8-13-18)21(19-14-9-15-27-19)22(26)23-16-17-10-5-3-6-11-17/h1,3-15,21H,16H2,(H,23,26). The first-order chi connectivity index (χ1) is 13.2. The molecule has 2 aromatic carbocycles. The largest absolute Gasteiger partial charge is 0.350 e. The average molecular weight is 374 g/mol. The molecule has 1 N–H and O–H groups in total. The van der Waals surface area contributed by atoms with Crippen molar-refractivity contribution in [2.45, 2.75) is 12.6 Å². The third-order valence-corrected chi connectivity index (χ3v) is 4.93. The number of hydrogen-bond acceptors (Lipinski definition) is 3. The minimum atomic E-state index is -0.834. The van der Waals surface area contributed by atoms with E-state index in [1.54, 1.807) is 24.3 Å². The van der Waals surface area contributed by atoms with Crippen molar-refractivity contribution < 1.29 is 9.59 Å². The third kappa shape index (κ3) is 4.43. The number of nitrogens with zero attached hydrogens (tertiary/aromatic N) is 1. The average Bonchev–Trinajstić information content (AvgIpc) is 3.25. The fourth-order valence-corrected chi connectivity index (χ4v) is 3.56. The van der Waals surface area contributed by atoms with Crippen molar-refractivity contribution in [2.75, 3.05) is 4.90 Å². The van der Waals surface area contributed by atoms with Crippen LogP contribution < -0.4 is 10.2 Å². The monoisotopic (exact) mass is 374 g/mol. The minimum absolute atomic E-state index is 0.284. The van der Waals surface area contributed by atoms with Crippen molar-refractivity contribution in [2.24, 2.45) is 0 Å². The topological polar surface area (TPSA) is 49.4 Å². The first kappa shape index (κ1) is 18.4. The number of benzene rings is 2. The van der Waals surface area contributed by atoms with E-state index in [0.29, 0.717) is 12.2 Å². The lowest BCUT2D eigenvalue weighted by Crippen LogP contribution is -2.43. The summed E-state index contributed by atoms with van der Waals surface area (Å²) in [5, 5.41) is 4.79. The zero-order chi connectivity index (χ0) is 19.1. The molecule has 3 aromatic rings. The van der Waals surface area contributed by atoms with Crippen LogP contribution in [0.25, 0.3) is 0 Å². The molecule has 0 fully saturated rings. The SMILES string of the molecule is C#CC(=O)N(c1ccccc1)C(C(=O)NCc1ccccc1)c1cccs1. The van der Waals surface area contributed by atoms with Crippen LogP contribution in [0.2, 0.25) is 0 Å². The van der Waals surface area contributed by atoms with Crippen LogP contribution in [0, 0.1) is 12.3 Å². The summed E-state index contributed by atoms with van der Waals surface area (Å²) in [6, 6.07) is 21.4. The molecule has 0 bridgehead atoms. The number of anilines is 1. The number of rotatable bonds is 6.